The molecule has 0 fully saturated rings. The molecule has 2 N–H and O–H groups in total. The number of carbonyl (C=O) groups is 2. The van der Waals surface area contributed by atoms with E-state index in [9.17, 15) is 19.8 Å². The lowest BCUT2D eigenvalue weighted by Gasteiger charge is -2.28. The van der Waals surface area contributed by atoms with E-state index in [4.69, 9.17) is 0 Å². The molecule has 0 aliphatic rings. The van der Waals surface area contributed by atoms with Crippen molar-refractivity contribution in [1.82, 2.24) is 0 Å². The van der Waals surface area contributed by atoms with Gasteiger partial charge in [0.15, 0.2) is 0 Å². The molecule has 0 heterocycles. The predicted molar refractivity (Wildman–Crippen MR) is 47.2 cm³/mol. The molecule has 76 valence electrons. The van der Waals surface area contributed by atoms with E-state index in [0.29, 0.717) is 0 Å². The van der Waals surface area contributed by atoms with Gasteiger partial charge in [0.2, 0.25) is 0 Å². The first kappa shape index (κ1) is 12.3. The molecule has 0 amide bonds. The number of hydrogen-bond acceptors (Lipinski definition) is 4. The van der Waals surface area contributed by atoms with Gasteiger partial charge in [0.1, 0.15) is 17.2 Å². The summed E-state index contributed by atoms with van der Waals surface area (Å²) in [6.45, 7) is 3.99. The second-order valence-electron chi connectivity index (χ2n) is 3.54. The van der Waals surface area contributed by atoms with Crippen LogP contribution in [0.5, 0.6) is 0 Å². The van der Waals surface area contributed by atoms with Crippen LogP contribution < -0.4 is 0 Å². The van der Waals surface area contributed by atoms with E-state index in [-0.39, 0.29) is 24.4 Å². The summed E-state index contributed by atoms with van der Waals surface area (Å²) < 4.78 is 0. The molecule has 13 heavy (non-hydrogen) atoms. The third kappa shape index (κ3) is 4.15. The van der Waals surface area contributed by atoms with Gasteiger partial charge in [-0.25, -0.2) is 0 Å². The fraction of sp³-hybridized carbons (Fsp3) is 0.778. The summed E-state index contributed by atoms with van der Waals surface area (Å²) in [5.74, 6) is -0.491. The van der Waals surface area contributed by atoms with Gasteiger partial charge in [0.05, 0.1) is 6.10 Å². The van der Waals surface area contributed by atoms with Gasteiger partial charge in [-0.05, 0) is 20.8 Å². The highest BCUT2D eigenvalue weighted by Crippen LogP contribution is 2.20. The molecule has 0 aliphatic heterocycles. The molecule has 4 nitrogen and oxygen atoms in total. The Labute approximate surface area is 77.6 Å². The van der Waals surface area contributed by atoms with Crippen molar-refractivity contribution in [3.05, 3.63) is 0 Å². The average molecular weight is 188 g/mol. The summed E-state index contributed by atoms with van der Waals surface area (Å²) in [5, 5.41) is 19.0. The van der Waals surface area contributed by atoms with E-state index >= 15 is 0 Å². The Balaban J connectivity index is 4.52. The van der Waals surface area contributed by atoms with Crippen LogP contribution in [0.3, 0.4) is 0 Å². The summed E-state index contributed by atoms with van der Waals surface area (Å²) >= 11 is 0. The van der Waals surface area contributed by atoms with Crippen LogP contribution >= 0.6 is 0 Å². The zero-order valence-electron chi connectivity index (χ0n) is 8.20. The van der Waals surface area contributed by atoms with Crippen molar-refractivity contribution in [2.45, 2.75) is 45.3 Å². The van der Waals surface area contributed by atoms with E-state index in [1.165, 1.54) is 20.8 Å². The van der Waals surface area contributed by atoms with Crippen molar-refractivity contribution in [1.29, 1.82) is 0 Å². The predicted octanol–water partition coefficient (Wildman–Crippen LogP) is 0.0565. The van der Waals surface area contributed by atoms with Gasteiger partial charge >= 0.3 is 0 Å². The number of rotatable bonds is 5. The summed E-state index contributed by atoms with van der Waals surface area (Å²) in [6, 6.07) is 0. The Morgan fingerprint density at radius 1 is 1.23 bits per heavy atom. The van der Waals surface area contributed by atoms with Crippen molar-refractivity contribution in [2.24, 2.45) is 0 Å². The molecule has 0 radical (unpaired) electrons. The van der Waals surface area contributed by atoms with Gasteiger partial charge < -0.3 is 10.2 Å². The number of aliphatic hydroxyl groups excluding tert-OH is 1. The van der Waals surface area contributed by atoms with Crippen LogP contribution in [0.25, 0.3) is 0 Å². The molecule has 0 aromatic heterocycles. The highest BCUT2D eigenvalue weighted by molar-refractivity contribution is 5.80. The van der Waals surface area contributed by atoms with Gasteiger partial charge in [-0.2, -0.15) is 0 Å². The maximum Gasteiger partial charge on any atom is 0.132 e. The second kappa shape index (κ2) is 4.48. The molecule has 0 aromatic carbocycles. The third-order valence-electron chi connectivity index (χ3n) is 1.89. The molecule has 0 bridgehead atoms. The van der Waals surface area contributed by atoms with Crippen LogP contribution in [0.4, 0.5) is 0 Å². The minimum Gasteiger partial charge on any atom is -0.390 e. The lowest BCUT2D eigenvalue weighted by atomic mass is 9.87. The Morgan fingerprint density at radius 3 is 1.69 bits per heavy atom. The Bertz CT molecular complexity index is 192. The number of Topliss-reactive ketones (excluding diaryl/α,β-unsaturated/α-hetero) is 2. The Kier molecular flexibility index (Phi) is 4.23. The van der Waals surface area contributed by atoms with E-state index in [1.807, 2.05) is 0 Å². The van der Waals surface area contributed by atoms with Gasteiger partial charge in [-0.3, -0.25) is 9.59 Å². The van der Waals surface area contributed by atoms with E-state index in [1.54, 1.807) is 0 Å². The van der Waals surface area contributed by atoms with Crippen molar-refractivity contribution in [3.63, 3.8) is 0 Å². The lowest BCUT2D eigenvalue weighted by Crippen LogP contribution is -2.43. The average Bonchev–Trinajstić information content (AvgIpc) is 1.82. The standard InChI is InChI=1S/C9H16O4/c1-6(10)4-9(13,8(3)12)5-7(2)11/h8,12-13H,4-5H2,1-3H3. The topological polar surface area (TPSA) is 74.6 Å². The van der Waals surface area contributed by atoms with Crippen LogP contribution in [0, 0.1) is 0 Å². The lowest BCUT2D eigenvalue weighted by molar-refractivity contribution is -0.136. The molecule has 4 heteroatoms. The molecule has 0 aliphatic carbocycles. The van der Waals surface area contributed by atoms with Gasteiger partial charge in [0, 0.05) is 12.8 Å². The van der Waals surface area contributed by atoms with Crippen LogP contribution in [0.2, 0.25) is 0 Å². The Morgan fingerprint density at radius 2 is 1.54 bits per heavy atom. The van der Waals surface area contributed by atoms with E-state index in [0.717, 1.165) is 0 Å². The summed E-state index contributed by atoms with van der Waals surface area (Å²) in [6.07, 6.45) is -1.46. The van der Waals surface area contributed by atoms with Crippen molar-refractivity contribution in [3.8, 4) is 0 Å². The molecule has 0 aromatic rings. The van der Waals surface area contributed by atoms with Crippen molar-refractivity contribution in [2.75, 3.05) is 0 Å². The Hall–Kier alpha value is -0.740. The van der Waals surface area contributed by atoms with Gasteiger partial charge in [-0.1, -0.05) is 0 Å². The fourth-order valence-corrected chi connectivity index (χ4v) is 1.22. The summed E-state index contributed by atoms with van der Waals surface area (Å²) in [4.78, 5) is 21.5. The minimum atomic E-state index is -1.60. The first-order valence-electron chi connectivity index (χ1n) is 4.17. The SMILES string of the molecule is CC(=O)CC(O)(CC(C)=O)C(C)O. The number of aliphatic hydroxyl groups is 2. The number of hydrogen-bond donors (Lipinski definition) is 2. The zero-order chi connectivity index (χ0) is 10.6. The van der Waals surface area contributed by atoms with Crippen LogP contribution in [0.1, 0.15) is 33.6 Å². The molecule has 0 spiro atoms. The maximum atomic E-state index is 10.8. The number of carbonyl (C=O) groups excluding carboxylic acids is 2. The molecule has 0 rings (SSSR count). The largest absolute Gasteiger partial charge is 0.390 e. The molecular formula is C9H16O4. The second-order valence-corrected chi connectivity index (χ2v) is 3.54. The van der Waals surface area contributed by atoms with Crippen LogP contribution in [-0.2, 0) is 9.59 Å². The molecule has 1 unspecified atom stereocenters. The van der Waals surface area contributed by atoms with Gasteiger partial charge in [0.25, 0.3) is 0 Å². The molecule has 1 atom stereocenters. The van der Waals surface area contributed by atoms with E-state index in [2.05, 4.69) is 0 Å². The quantitative estimate of drug-likeness (QED) is 0.639. The molecular weight excluding hydrogens is 172 g/mol. The highest BCUT2D eigenvalue weighted by Gasteiger charge is 2.35. The monoisotopic (exact) mass is 188 g/mol. The number of ketones is 2. The molecule has 0 saturated carbocycles. The van der Waals surface area contributed by atoms with Crippen molar-refractivity contribution < 1.29 is 19.8 Å². The van der Waals surface area contributed by atoms with Crippen LogP contribution in [0.15, 0.2) is 0 Å². The normalized spacial score (nSPS) is 13.9. The summed E-state index contributed by atoms with van der Waals surface area (Å²) in [7, 11) is 0. The zero-order valence-corrected chi connectivity index (χ0v) is 8.20. The fourth-order valence-electron chi connectivity index (χ4n) is 1.22. The van der Waals surface area contributed by atoms with Crippen molar-refractivity contribution >= 4 is 11.6 Å². The minimum absolute atomic E-state index is 0.190. The summed E-state index contributed by atoms with van der Waals surface area (Å²) in [5.41, 5.74) is -1.60. The maximum absolute atomic E-state index is 10.8. The third-order valence-corrected chi connectivity index (χ3v) is 1.89. The first-order chi connectivity index (χ1) is 5.78. The molecule has 0 saturated heterocycles. The highest BCUT2D eigenvalue weighted by atomic mass is 16.3. The smallest absolute Gasteiger partial charge is 0.132 e. The van der Waals surface area contributed by atoms with E-state index < -0.39 is 11.7 Å². The van der Waals surface area contributed by atoms with Crippen LogP contribution in [-0.4, -0.2) is 33.5 Å². The van der Waals surface area contributed by atoms with Gasteiger partial charge in [-0.15, -0.1) is 0 Å². The first-order valence-corrected chi connectivity index (χ1v) is 4.17.